The largest absolute Gasteiger partial charge is 0.444 e. The van der Waals surface area contributed by atoms with Crippen molar-refractivity contribution in [3.05, 3.63) is 36.5 Å². The lowest BCUT2D eigenvalue weighted by atomic mass is 10.2. The zero-order valence-corrected chi connectivity index (χ0v) is 14.7. The molecule has 0 aliphatic carbocycles. The van der Waals surface area contributed by atoms with Crippen LogP contribution in [0.15, 0.2) is 31.0 Å². The van der Waals surface area contributed by atoms with Crippen LogP contribution in [0.5, 0.6) is 0 Å². The highest BCUT2D eigenvalue weighted by atomic mass is 16.6. The first-order chi connectivity index (χ1) is 11.8. The summed E-state index contributed by atoms with van der Waals surface area (Å²) in [6, 6.07) is 2.86. The van der Waals surface area contributed by atoms with Crippen molar-refractivity contribution in [3.63, 3.8) is 0 Å². The predicted octanol–water partition coefficient (Wildman–Crippen LogP) is 1.19. The number of alkyl carbamates (subject to hydrolysis) is 1. The topological polar surface area (TPSA) is 111 Å². The van der Waals surface area contributed by atoms with Gasteiger partial charge in [-0.3, -0.25) is 4.79 Å². The monoisotopic (exact) mass is 346 g/mol. The molecule has 0 saturated heterocycles. The van der Waals surface area contributed by atoms with E-state index in [1.54, 1.807) is 40.0 Å². The molecule has 0 aliphatic rings. The minimum absolute atomic E-state index is 0.238. The van der Waals surface area contributed by atoms with E-state index < -0.39 is 17.7 Å². The first-order valence-corrected chi connectivity index (χ1v) is 7.82. The van der Waals surface area contributed by atoms with Crippen LogP contribution in [-0.2, 0) is 16.1 Å². The lowest BCUT2D eigenvalue weighted by Gasteiger charge is -2.21. The van der Waals surface area contributed by atoms with E-state index in [4.69, 9.17) is 4.74 Å². The number of aromatic nitrogens is 4. The quantitative estimate of drug-likeness (QED) is 0.841. The van der Waals surface area contributed by atoms with Crippen molar-refractivity contribution >= 4 is 12.0 Å². The first-order valence-electron chi connectivity index (χ1n) is 7.82. The number of pyridine rings is 1. The number of hydrogen-bond acceptors (Lipinski definition) is 6. The molecule has 2 rings (SSSR count). The van der Waals surface area contributed by atoms with Crippen LogP contribution >= 0.6 is 0 Å². The van der Waals surface area contributed by atoms with Crippen LogP contribution in [0.25, 0.3) is 5.82 Å². The zero-order valence-electron chi connectivity index (χ0n) is 14.7. The van der Waals surface area contributed by atoms with Gasteiger partial charge in [-0.2, -0.15) is 5.10 Å². The van der Waals surface area contributed by atoms with Gasteiger partial charge in [0.1, 0.15) is 24.3 Å². The second-order valence-corrected chi connectivity index (χ2v) is 6.41. The summed E-state index contributed by atoms with van der Waals surface area (Å²) in [5, 5.41) is 9.30. The van der Waals surface area contributed by atoms with E-state index in [1.165, 1.54) is 17.3 Å². The summed E-state index contributed by atoms with van der Waals surface area (Å²) in [6.07, 6.45) is 3.93. The molecular weight excluding hydrogens is 324 g/mol. The Kier molecular flexibility index (Phi) is 5.68. The molecule has 0 spiro atoms. The molecule has 0 bridgehead atoms. The van der Waals surface area contributed by atoms with Gasteiger partial charge in [0, 0.05) is 18.3 Å². The molecular formula is C16H22N6O3. The molecule has 0 radical (unpaired) electrons. The first kappa shape index (κ1) is 18.4. The van der Waals surface area contributed by atoms with Crippen molar-refractivity contribution in [2.45, 2.75) is 45.9 Å². The van der Waals surface area contributed by atoms with Crippen molar-refractivity contribution in [1.29, 1.82) is 0 Å². The van der Waals surface area contributed by atoms with Gasteiger partial charge >= 0.3 is 6.09 Å². The SMILES string of the molecule is C[C@H](NC(=O)OC(C)(C)C)C(=O)NCc1cccnc1-n1cncn1. The number of rotatable bonds is 5. The fraction of sp³-hybridized carbons (Fsp3) is 0.438. The number of nitrogens with one attached hydrogen (secondary N) is 2. The summed E-state index contributed by atoms with van der Waals surface area (Å²) in [7, 11) is 0. The molecule has 0 unspecified atom stereocenters. The van der Waals surface area contributed by atoms with E-state index in [0.717, 1.165) is 5.56 Å². The number of ether oxygens (including phenoxy) is 1. The molecule has 0 saturated carbocycles. The van der Waals surface area contributed by atoms with Crippen LogP contribution in [0, 0.1) is 0 Å². The molecule has 2 amide bonds. The molecule has 9 heteroatoms. The molecule has 2 aromatic heterocycles. The van der Waals surface area contributed by atoms with Crippen LogP contribution in [-0.4, -0.2) is 43.4 Å². The van der Waals surface area contributed by atoms with Gasteiger partial charge in [0.2, 0.25) is 5.91 Å². The molecule has 0 aromatic carbocycles. The molecule has 0 aliphatic heterocycles. The Morgan fingerprint density at radius 3 is 2.76 bits per heavy atom. The fourth-order valence-corrected chi connectivity index (χ4v) is 1.98. The lowest BCUT2D eigenvalue weighted by molar-refractivity contribution is -0.122. The minimum Gasteiger partial charge on any atom is -0.444 e. The van der Waals surface area contributed by atoms with Crippen molar-refractivity contribution in [2.75, 3.05) is 0 Å². The van der Waals surface area contributed by atoms with E-state index in [-0.39, 0.29) is 12.5 Å². The molecule has 1 atom stereocenters. The fourth-order valence-electron chi connectivity index (χ4n) is 1.98. The lowest BCUT2D eigenvalue weighted by Crippen LogP contribution is -2.46. The third-order valence-electron chi connectivity index (χ3n) is 3.08. The highest BCUT2D eigenvalue weighted by Crippen LogP contribution is 2.09. The minimum atomic E-state index is -0.735. The van der Waals surface area contributed by atoms with E-state index in [1.807, 2.05) is 6.07 Å². The van der Waals surface area contributed by atoms with Crippen molar-refractivity contribution in [2.24, 2.45) is 0 Å². The van der Waals surface area contributed by atoms with Crippen molar-refractivity contribution in [1.82, 2.24) is 30.4 Å². The Morgan fingerprint density at radius 2 is 2.12 bits per heavy atom. The summed E-state index contributed by atoms with van der Waals surface area (Å²) in [5.41, 5.74) is 0.147. The standard InChI is InChI=1S/C16H22N6O3/c1-11(21-15(24)25-16(2,3)4)14(23)19-8-12-6-5-7-18-13(12)22-10-17-9-20-22/h5-7,9-11H,8H2,1-4H3,(H,19,23)(H,21,24)/t11-/m0/s1. The summed E-state index contributed by atoms with van der Waals surface area (Å²) < 4.78 is 6.65. The molecule has 2 heterocycles. The molecule has 134 valence electrons. The Hall–Kier alpha value is -2.97. The number of nitrogens with zero attached hydrogens (tertiary/aromatic N) is 4. The Balaban J connectivity index is 1.93. The van der Waals surface area contributed by atoms with Crippen LogP contribution < -0.4 is 10.6 Å². The van der Waals surface area contributed by atoms with Crippen molar-refractivity contribution < 1.29 is 14.3 Å². The smallest absolute Gasteiger partial charge is 0.408 e. The van der Waals surface area contributed by atoms with Gasteiger partial charge in [-0.1, -0.05) is 6.07 Å². The number of amides is 2. The van der Waals surface area contributed by atoms with Gasteiger partial charge in [0.25, 0.3) is 0 Å². The zero-order chi connectivity index (χ0) is 18.4. The maximum absolute atomic E-state index is 12.2. The Bertz CT molecular complexity index is 724. The predicted molar refractivity (Wildman–Crippen MR) is 89.8 cm³/mol. The van der Waals surface area contributed by atoms with E-state index in [9.17, 15) is 9.59 Å². The normalized spacial score (nSPS) is 12.3. The van der Waals surface area contributed by atoms with Gasteiger partial charge in [-0.05, 0) is 33.8 Å². The Morgan fingerprint density at radius 1 is 1.36 bits per heavy atom. The molecule has 9 nitrogen and oxygen atoms in total. The van der Waals surface area contributed by atoms with Crippen molar-refractivity contribution in [3.8, 4) is 5.82 Å². The molecule has 2 N–H and O–H groups in total. The summed E-state index contributed by atoms with van der Waals surface area (Å²) >= 11 is 0. The summed E-state index contributed by atoms with van der Waals surface area (Å²) in [4.78, 5) is 32.0. The van der Waals surface area contributed by atoms with E-state index in [0.29, 0.717) is 5.82 Å². The highest BCUT2D eigenvalue weighted by molar-refractivity contribution is 5.85. The molecule has 2 aromatic rings. The van der Waals surface area contributed by atoms with Gasteiger partial charge in [0.05, 0.1) is 0 Å². The maximum Gasteiger partial charge on any atom is 0.408 e. The third kappa shape index (κ3) is 5.55. The van der Waals surface area contributed by atoms with Crippen LogP contribution in [0.1, 0.15) is 33.3 Å². The number of carbonyl (C=O) groups is 2. The highest BCUT2D eigenvalue weighted by Gasteiger charge is 2.21. The average Bonchev–Trinajstić information content (AvgIpc) is 3.05. The summed E-state index contributed by atoms with van der Waals surface area (Å²) in [5.74, 6) is 0.243. The average molecular weight is 346 g/mol. The summed E-state index contributed by atoms with van der Waals surface area (Å²) in [6.45, 7) is 7.09. The van der Waals surface area contributed by atoms with Gasteiger partial charge in [-0.15, -0.1) is 0 Å². The molecule has 0 fully saturated rings. The second-order valence-electron chi connectivity index (χ2n) is 6.41. The number of carbonyl (C=O) groups excluding carboxylic acids is 2. The van der Waals surface area contributed by atoms with Gasteiger partial charge < -0.3 is 15.4 Å². The van der Waals surface area contributed by atoms with E-state index >= 15 is 0 Å². The third-order valence-corrected chi connectivity index (χ3v) is 3.08. The second kappa shape index (κ2) is 7.73. The maximum atomic E-state index is 12.2. The van der Waals surface area contributed by atoms with Gasteiger partial charge in [-0.25, -0.2) is 19.4 Å². The van der Waals surface area contributed by atoms with Crippen LogP contribution in [0.4, 0.5) is 4.79 Å². The van der Waals surface area contributed by atoms with E-state index in [2.05, 4.69) is 25.7 Å². The van der Waals surface area contributed by atoms with Crippen LogP contribution in [0.2, 0.25) is 0 Å². The van der Waals surface area contributed by atoms with Gasteiger partial charge in [0.15, 0.2) is 5.82 Å². The Labute approximate surface area is 145 Å². The van der Waals surface area contributed by atoms with Crippen LogP contribution in [0.3, 0.4) is 0 Å². The number of hydrogen-bond donors (Lipinski definition) is 2. The molecule has 25 heavy (non-hydrogen) atoms.